The lowest BCUT2D eigenvalue weighted by Gasteiger charge is -2.32. The van der Waals surface area contributed by atoms with Crippen LogP contribution in [0.5, 0.6) is 16.7 Å². The van der Waals surface area contributed by atoms with E-state index in [1.54, 1.807) is 4.31 Å². The third-order valence-electron chi connectivity index (χ3n) is 5.76. The molecule has 2 atom stereocenters. The number of nitrogens with zero attached hydrogens (tertiary/aromatic N) is 3. The molecule has 2 fully saturated rings. The highest BCUT2D eigenvalue weighted by atomic mass is 35.5. The number of sulfonamides is 1. The van der Waals surface area contributed by atoms with Crippen molar-refractivity contribution in [3.05, 3.63) is 47.5 Å². The average Bonchev–Trinajstić information content (AvgIpc) is 3.43. The molecule has 10 heteroatoms. The van der Waals surface area contributed by atoms with Gasteiger partial charge < -0.3 is 9.47 Å². The molecule has 2 aromatic carbocycles. The number of halogens is 1. The molecule has 0 saturated carbocycles. The van der Waals surface area contributed by atoms with Crippen LogP contribution < -0.4 is 9.47 Å². The van der Waals surface area contributed by atoms with E-state index < -0.39 is 10.0 Å². The van der Waals surface area contributed by atoms with Gasteiger partial charge in [-0.05, 0) is 42.8 Å². The third kappa shape index (κ3) is 4.38. The fourth-order valence-corrected chi connectivity index (χ4v) is 6.59. The molecule has 5 rings (SSSR count). The molecule has 0 amide bonds. The van der Waals surface area contributed by atoms with Crippen LogP contribution in [0.4, 0.5) is 0 Å². The van der Waals surface area contributed by atoms with Gasteiger partial charge in [0.25, 0.3) is 5.19 Å². The molecule has 0 spiro atoms. The predicted octanol–water partition coefficient (Wildman–Crippen LogP) is 3.84. The number of fused-ring (bicyclic) bond motifs is 3. The maximum atomic E-state index is 11.8. The Hall–Kier alpha value is -1.91. The van der Waals surface area contributed by atoms with Gasteiger partial charge in [-0.3, -0.25) is 4.90 Å². The van der Waals surface area contributed by atoms with E-state index in [1.165, 1.54) is 17.6 Å². The summed E-state index contributed by atoms with van der Waals surface area (Å²) in [6, 6.07) is 13.5. The summed E-state index contributed by atoms with van der Waals surface area (Å²) in [5.41, 5.74) is 0.749. The smallest absolute Gasteiger partial charge is 0.279 e. The molecule has 0 N–H and O–H groups in total. The van der Waals surface area contributed by atoms with Crippen molar-refractivity contribution in [2.75, 3.05) is 32.5 Å². The molecule has 31 heavy (non-hydrogen) atoms. The molecular formula is C21H22ClN3O4S2. The summed E-state index contributed by atoms with van der Waals surface area (Å²) in [4.78, 5) is 6.77. The van der Waals surface area contributed by atoms with Crippen molar-refractivity contribution < 1.29 is 17.9 Å². The summed E-state index contributed by atoms with van der Waals surface area (Å²) in [6.45, 7) is 2.70. The second-order valence-corrected chi connectivity index (χ2v) is 11.2. The van der Waals surface area contributed by atoms with E-state index in [0.29, 0.717) is 35.2 Å². The zero-order valence-corrected chi connectivity index (χ0v) is 19.3. The minimum atomic E-state index is -3.10. The van der Waals surface area contributed by atoms with E-state index in [4.69, 9.17) is 21.1 Å². The summed E-state index contributed by atoms with van der Waals surface area (Å²) in [6.07, 6.45) is 2.20. The minimum absolute atomic E-state index is 0.105. The molecule has 2 aliphatic heterocycles. The number of thiazole rings is 1. The van der Waals surface area contributed by atoms with Gasteiger partial charge in [0.2, 0.25) is 10.0 Å². The fourth-order valence-electron chi connectivity index (χ4n) is 4.32. The summed E-state index contributed by atoms with van der Waals surface area (Å²) >= 11 is 7.63. The normalized spacial score (nSPS) is 21.7. The van der Waals surface area contributed by atoms with Crippen molar-refractivity contribution >= 4 is 43.2 Å². The first-order chi connectivity index (χ1) is 14.9. The van der Waals surface area contributed by atoms with Crippen LogP contribution in [-0.2, 0) is 10.0 Å². The van der Waals surface area contributed by atoms with Crippen LogP contribution in [0.25, 0.3) is 10.2 Å². The van der Waals surface area contributed by atoms with Crippen LogP contribution in [0.15, 0.2) is 42.5 Å². The van der Waals surface area contributed by atoms with E-state index >= 15 is 0 Å². The Morgan fingerprint density at radius 3 is 2.58 bits per heavy atom. The van der Waals surface area contributed by atoms with Crippen molar-refractivity contribution in [3.8, 4) is 16.7 Å². The van der Waals surface area contributed by atoms with Crippen LogP contribution in [-0.4, -0.2) is 67.2 Å². The van der Waals surface area contributed by atoms with Crippen molar-refractivity contribution in [1.29, 1.82) is 0 Å². The van der Waals surface area contributed by atoms with Gasteiger partial charge in [0.05, 0.1) is 16.0 Å². The van der Waals surface area contributed by atoms with Gasteiger partial charge in [-0.2, -0.15) is 4.31 Å². The number of likely N-dealkylation sites (tertiary alicyclic amines) is 1. The maximum absolute atomic E-state index is 11.8. The Bertz CT molecular complexity index is 1200. The van der Waals surface area contributed by atoms with Crippen molar-refractivity contribution in [2.24, 2.45) is 0 Å². The quantitative estimate of drug-likeness (QED) is 0.512. The Morgan fingerprint density at radius 1 is 1.13 bits per heavy atom. The van der Waals surface area contributed by atoms with Crippen molar-refractivity contribution in [1.82, 2.24) is 14.2 Å². The second kappa shape index (κ2) is 8.22. The van der Waals surface area contributed by atoms with E-state index in [9.17, 15) is 8.42 Å². The molecule has 2 aliphatic rings. The van der Waals surface area contributed by atoms with Gasteiger partial charge in [-0.1, -0.05) is 29.0 Å². The summed E-state index contributed by atoms with van der Waals surface area (Å²) in [5, 5.41) is 1.16. The first-order valence-corrected chi connectivity index (χ1v) is 13.1. The molecule has 0 unspecified atom stereocenters. The summed E-state index contributed by atoms with van der Waals surface area (Å²) in [5.74, 6) is 1.45. The summed E-state index contributed by atoms with van der Waals surface area (Å²) < 4.78 is 37.9. The molecule has 164 valence electrons. The third-order valence-corrected chi connectivity index (χ3v) is 8.26. The zero-order valence-electron chi connectivity index (χ0n) is 16.9. The SMILES string of the molecule is CS(=O)(=O)N1C[C@H]2C[C@H]1CN2CCOc1ccc(Oc2nc3c(Cl)cccc3s2)cc1. The van der Waals surface area contributed by atoms with E-state index in [1.807, 2.05) is 42.5 Å². The monoisotopic (exact) mass is 479 g/mol. The van der Waals surface area contributed by atoms with Crippen LogP contribution in [0.1, 0.15) is 6.42 Å². The molecule has 3 aromatic rings. The number of para-hydroxylation sites is 1. The van der Waals surface area contributed by atoms with Crippen LogP contribution >= 0.6 is 22.9 Å². The highest BCUT2D eigenvalue weighted by molar-refractivity contribution is 7.88. The standard InChI is InChI=1S/C21H22ClN3O4S2/c1-31(26,27)25-13-14-11-15(25)12-24(14)9-10-28-16-5-7-17(8-6-16)29-21-23-20-18(22)3-2-4-19(20)30-21/h2-8,14-15H,9-13H2,1H3/t14-,15+/m1/s1. The predicted molar refractivity (Wildman–Crippen MR) is 122 cm³/mol. The van der Waals surface area contributed by atoms with Crippen molar-refractivity contribution in [2.45, 2.75) is 18.5 Å². The lowest BCUT2D eigenvalue weighted by atomic mass is 10.2. The average molecular weight is 480 g/mol. The minimum Gasteiger partial charge on any atom is -0.492 e. The van der Waals surface area contributed by atoms with Gasteiger partial charge in [0, 0.05) is 31.7 Å². The molecule has 3 heterocycles. The Morgan fingerprint density at radius 2 is 1.90 bits per heavy atom. The van der Waals surface area contributed by atoms with Crippen molar-refractivity contribution in [3.63, 3.8) is 0 Å². The zero-order chi connectivity index (χ0) is 21.6. The molecular weight excluding hydrogens is 458 g/mol. The lowest BCUT2D eigenvalue weighted by molar-refractivity contribution is 0.153. The number of rotatable bonds is 7. The number of aromatic nitrogens is 1. The largest absolute Gasteiger partial charge is 0.492 e. The molecule has 2 bridgehead atoms. The molecule has 2 saturated heterocycles. The molecule has 1 aromatic heterocycles. The highest BCUT2D eigenvalue weighted by Gasteiger charge is 2.46. The second-order valence-electron chi connectivity index (χ2n) is 7.86. The van der Waals surface area contributed by atoms with E-state index in [0.717, 1.165) is 35.5 Å². The van der Waals surface area contributed by atoms with Gasteiger partial charge >= 0.3 is 0 Å². The highest BCUT2D eigenvalue weighted by Crippen LogP contribution is 2.35. The van der Waals surface area contributed by atoms with Gasteiger partial charge in [-0.15, -0.1) is 0 Å². The van der Waals surface area contributed by atoms with E-state index in [2.05, 4.69) is 9.88 Å². The number of ether oxygens (including phenoxy) is 2. The first kappa shape index (κ1) is 21.0. The molecule has 0 aliphatic carbocycles. The van der Waals surface area contributed by atoms with Gasteiger partial charge in [-0.25, -0.2) is 13.4 Å². The Balaban J connectivity index is 1.12. The van der Waals surface area contributed by atoms with E-state index in [-0.39, 0.29) is 6.04 Å². The number of hydrogen-bond donors (Lipinski definition) is 0. The van der Waals surface area contributed by atoms with Gasteiger partial charge in [0.1, 0.15) is 23.6 Å². The van der Waals surface area contributed by atoms with Crippen LogP contribution in [0.3, 0.4) is 0 Å². The molecule has 7 nitrogen and oxygen atoms in total. The van der Waals surface area contributed by atoms with Crippen LogP contribution in [0, 0.1) is 0 Å². The number of piperazine rings is 1. The first-order valence-electron chi connectivity index (χ1n) is 10.0. The lowest BCUT2D eigenvalue weighted by Crippen LogP contribution is -2.49. The topological polar surface area (TPSA) is 72.0 Å². The number of benzene rings is 2. The maximum Gasteiger partial charge on any atom is 0.279 e. The fraction of sp³-hybridized carbons (Fsp3) is 0.381. The number of hydrogen-bond acceptors (Lipinski definition) is 7. The van der Waals surface area contributed by atoms with Gasteiger partial charge in [0.15, 0.2) is 0 Å². The van der Waals surface area contributed by atoms with Crippen LogP contribution in [0.2, 0.25) is 5.02 Å². The summed E-state index contributed by atoms with van der Waals surface area (Å²) in [7, 11) is -3.10. The Labute approximate surface area is 190 Å². The molecule has 0 radical (unpaired) electrons. The Kier molecular flexibility index (Phi) is 5.56.